The number of carbonyl (C=O) groups excluding carboxylic acids is 1. The van der Waals surface area contributed by atoms with Crippen molar-refractivity contribution in [2.75, 3.05) is 42.9 Å². The van der Waals surface area contributed by atoms with Crippen molar-refractivity contribution in [3.63, 3.8) is 0 Å². The van der Waals surface area contributed by atoms with E-state index in [0.29, 0.717) is 6.54 Å². The van der Waals surface area contributed by atoms with Gasteiger partial charge in [-0.3, -0.25) is 9.69 Å². The SMILES string of the molecule is CCN(CC)CC(=O)Nc1ccccc1N1CCC(O)CC1. The molecule has 0 unspecified atom stereocenters. The van der Waals surface area contributed by atoms with Crippen molar-refractivity contribution in [1.82, 2.24) is 4.90 Å². The molecule has 2 rings (SSSR count). The van der Waals surface area contributed by atoms with Crippen LogP contribution < -0.4 is 10.2 Å². The van der Waals surface area contributed by atoms with E-state index in [2.05, 4.69) is 29.0 Å². The molecule has 1 aliphatic rings. The average molecular weight is 305 g/mol. The van der Waals surface area contributed by atoms with Gasteiger partial charge in [0, 0.05) is 13.1 Å². The van der Waals surface area contributed by atoms with E-state index in [4.69, 9.17) is 0 Å². The Hall–Kier alpha value is -1.59. The molecule has 1 heterocycles. The Morgan fingerprint density at radius 2 is 1.91 bits per heavy atom. The average Bonchev–Trinajstić information content (AvgIpc) is 2.54. The van der Waals surface area contributed by atoms with Gasteiger partial charge in [0.05, 0.1) is 24.0 Å². The molecule has 0 saturated carbocycles. The molecule has 1 saturated heterocycles. The number of likely N-dealkylation sites (N-methyl/N-ethyl adjacent to an activating group) is 1. The van der Waals surface area contributed by atoms with Crippen LogP contribution in [0.1, 0.15) is 26.7 Å². The predicted molar refractivity (Wildman–Crippen MR) is 90.3 cm³/mol. The molecule has 5 heteroatoms. The number of piperidine rings is 1. The molecule has 2 N–H and O–H groups in total. The summed E-state index contributed by atoms with van der Waals surface area (Å²) in [5.74, 6) is 0.0215. The van der Waals surface area contributed by atoms with Crippen LogP contribution in [0.3, 0.4) is 0 Å². The lowest BCUT2D eigenvalue weighted by Gasteiger charge is -2.33. The number of anilines is 2. The highest BCUT2D eigenvalue weighted by Crippen LogP contribution is 2.28. The number of aliphatic hydroxyl groups is 1. The van der Waals surface area contributed by atoms with E-state index in [1.165, 1.54) is 0 Å². The number of carbonyl (C=O) groups is 1. The molecule has 1 aromatic carbocycles. The minimum absolute atomic E-state index is 0.0215. The van der Waals surface area contributed by atoms with Gasteiger partial charge < -0.3 is 15.3 Å². The van der Waals surface area contributed by atoms with Crippen LogP contribution >= 0.6 is 0 Å². The molecule has 22 heavy (non-hydrogen) atoms. The smallest absolute Gasteiger partial charge is 0.238 e. The Bertz CT molecular complexity index is 481. The Labute approximate surface area is 132 Å². The maximum Gasteiger partial charge on any atom is 0.238 e. The van der Waals surface area contributed by atoms with Gasteiger partial charge in [0.15, 0.2) is 0 Å². The predicted octanol–water partition coefficient (Wildman–Crippen LogP) is 1.93. The minimum atomic E-state index is -0.194. The molecular formula is C17H27N3O2. The lowest BCUT2D eigenvalue weighted by molar-refractivity contribution is -0.117. The van der Waals surface area contributed by atoms with Crippen LogP contribution in [0.2, 0.25) is 0 Å². The topological polar surface area (TPSA) is 55.8 Å². The fourth-order valence-corrected chi connectivity index (χ4v) is 2.80. The Kier molecular flexibility index (Phi) is 6.21. The Balaban J connectivity index is 2.03. The summed E-state index contributed by atoms with van der Waals surface area (Å²) in [5, 5.41) is 12.7. The standard InChI is InChI=1S/C17H27N3O2/c1-3-19(4-2)13-17(22)18-15-7-5-6-8-16(15)20-11-9-14(21)10-12-20/h5-8,14,21H,3-4,9-13H2,1-2H3,(H,18,22). The van der Waals surface area contributed by atoms with Crippen LogP contribution in [0.15, 0.2) is 24.3 Å². The highest BCUT2D eigenvalue weighted by Gasteiger charge is 2.20. The number of amides is 1. The summed E-state index contributed by atoms with van der Waals surface area (Å²) in [5.41, 5.74) is 1.90. The van der Waals surface area contributed by atoms with Gasteiger partial charge in [0.25, 0.3) is 0 Å². The minimum Gasteiger partial charge on any atom is -0.393 e. The van der Waals surface area contributed by atoms with Gasteiger partial charge in [0.2, 0.25) is 5.91 Å². The van der Waals surface area contributed by atoms with Crippen LogP contribution in [-0.2, 0) is 4.79 Å². The number of para-hydroxylation sites is 2. The number of hydrogen-bond donors (Lipinski definition) is 2. The zero-order chi connectivity index (χ0) is 15.9. The molecule has 1 aliphatic heterocycles. The highest BCUT2D eigenvalue weighted by molar-refractivity contribution is 5.95. The number of aliphatic hydroxyl groups excluding tert-OH is 1. The van der Waals surface area contributed by atoms with Crippen molar-refractivity contribution >= 4 is 17.3 Å². The Morgan fingerprint density at radius 3 is 2.55 bits per heavy atom. The fourth-order valence-electron chi connectivity index (χ4n) is 2.80. The van der Waals surface area contributed by atoms with Crippen molar-refractivity contribution in [2.24, 2.45) is 0 Å². The number of hydrogen-bond acceptors (Lipinski definition) is 4. The van der Waals surface area contributed by atoms with Gasteiger partial charge >= 0.3 is 0 Å². The Morgan fingerprint density at radius 1 is 1.27 bits per heavy atom. The molecular weight excluding hydrogens is 278 g/mol. The summed E-state index contributed by atoms with van der Waals surface area (Å²) in [6, 6.07) is 7.90. The monoisotopic (exact) mass is 305 g/mol. The summed E-state index contributed by atoms with van der Waals surface area (Å²) in [6.07, 6.45) is 1.37. The van der Waals surface area contributed by atoms with Crippen molar-refractivity contribution in [1.29, 1.82) is 0 Å². The van der Waals surface area contributed by atoms with Gasteiger partial charge in [-0.1, -0.05) is 26.0 Å². The van der Waals surface area contributed by atoms with E-state index >= 15 is 0 Å². The third kappa shape index (κ3) is 4.45. The summed E-state index contributed by atoms with van der Waals surface area (Å²) >= 11 is 0. The van der Waals surface area contributed by atoms with Crippen LogP contribution in [-0.4, -0.2) is 54.7 Å². The van der Waals surface area contributed by atoms with E-state index in [1.54, 1.807) is 0 Å². The van der Waals surface area contributed by atoms with E-state index in [1.807, 2.05) is 24.3 Å². The maximum absolute atomic E-state index is 12.2. The number of nitrogens with one attached hydrogen (secondary N) is 1. The fraction of sp³-hybridized carbons (Fsp3) is 0.588. The molecule has 0 radical (unpaired) electrons. The first-order valence-corrected chi connectivity index (χ1v) is 8.18. The number of nitrogens with zero attached hydrogens (tertiary/aromatic N) is 2. The second-order valence-corrected chi connectivity index (χ2v) is 5.74. The summed E-state index contributed by atoms with van der Waals surface area (Å²) in [4.78, 5) is 16.5. The van der Waals surface area contributed by atoms with Gasteiger partial charge in [-0.15, -0.1) is 0 Å². The van der Waals surface area contributed by atoms with Gasteiger partial charge in [-0.25, -0.2) is 0 Å². The first-order chi connectivity index (χ1) is 10.6. The van der Waals surface area contributed by atoms with E-state index in [-0.39, 0.29) is 12.0 Å². The molecule has 0 spiro atoms. The molecule has 0 atom stereocenters. The summed E-state index contributed by atoms with van der Waals surface area (Å²) in [7, 11) is 0. The van der Waals surface area contributed by atoms with Crippen molar-refractivity contribution in [3.8, 4) is 0 Å². The van der Waals surface area contributed by atoms with E-state index in [0.717, 1.165) is 50.4 Å². The first-order valence-electron chi connectivity index (χ1n) is 8.18. The normalized spacial score (nSPS) is 16.1. The zero-order valence-electron chi connectivity index (χ0n) is 13.6. The molecule has 1 aromatic rings. The first kappa shape index (κ1) is 16.8. The lowest BCUT2D eigenvalue weighted by atomic mass is 10.1. The van der Waals surface area contributed by atoms with Crippen LogP contribution in [0.5, 0.6) is 0 Å². The third-order valence-corrected chi connectivity index (χ3v) is 4.24. The highest BCUT2D eigenvalue weighted by atomic mass is 16.3. The molecule has 5 nitrogen and oxygen atoms in total. The third-order valence-electron chi connectivity index (χ3n) is 4.24. The second-order valence-electron chi connectivity index (χ2n) is 5.74. The number of benzene rings is 1. The van der Waals surface area contributed by atoms with Crippen LogP contribution in [0, 0.1) is 0 Å². The summed E-state index contributed by atoms with van der Waals surface area (Å²) < 4.78 is 0. The molecule has 0 aliphatic carbocycles. The van der Waals surface area contributed by atoms with Crippen molar-refractivity contribution in [3.05, 3.63) is 24.3 Å². The molecule has 1 amide bonds. The van der Waals surface area contributed by atoms with E-state index in [9.17, 15) is 9.90 Å². The van der Waals surface area contributed by atoms with Crippen LogP contribution in [0.4, 0.5) is 11.4 Å². The maximum atomic E-state index is 12.2. The van der Waals surface area contributed by atoms with Gasteiger partial charge in [-0.05, 0) is 38.1 Å². The summed E-state index contributed by atoms with van der Waals surface area (Å²) in [6.45, 7) is 7.92. The molecule has 0 aromatic heterocycles. The van der Waals surface area contributed by atoms with Crippen molar-refractivity contribution < 1.29 is 9.90 Å². The van der Waals surface area contributed by atoms with E-state index < -0.39 is 0 Å². The van der Waals surface area contributed by atoms with Gasteiger partial charge in [0.1, 0.15) is 0 Å². The number of rotatable bonds is 6. The zero-order valence-corrected chi connectivity index (χ0v) is 13.6. The van der Waals surface area contributed by atoms with Crippen molar-refractivity contribution in [2.45, 2.75) is 32.8 Å². The quantitative estimate of drug-likeness (QED) is 0.843. The largest absolute Gasteiger partial charge is 0.393 e. The molecule has 0 bridgehead atoms. The second kappa shape index (κ2) is 8.15. The van der Waals surface area contributed by atoms with Crippen LogP contribution in [0.25, 0.3) is 0 Å². The molecule has 122 valence electrons. The van der Waals surface area contributed by atoms with Gasteiger partial charge in [-0.2, -0.15) is 0 Å². The lowest BCUT2D eigenvalue weighted by Crippen LogP contribution is -2.37. The molecule has 1 fully saturated rings.